The van der Waals surface area contributed by atoms with Crippen molar-refractivity contribution in [3.05, 3.63) is 28.8 Å². The minimum atomic E-state index is -2.38. The number of alkyl halides is 2. The van der Waals surface area contributed by atoms with Crippen LogP contribution in [0.2, 0.25) is 5.02 Å². The molecule has 0 heterocycles. The maximum Gasteiger partial charge on any atom is 0.258 e. The molecular weight excluding hydrogens is 208 g/mol. The zero-order valence-corrected chi connectivity index (χ0v) is 8.78. The van der Waals surface area contributed by atoms with Crippen LogP contribution < -0.4 is 5.32 Å². The zero-order valence-electron chi connectivity index (χ0n) is 8.02. The molecule has 1 atom stereocenters. The predicted molar refractivity (Wildman–Crippen MR) is 55.3 cm³/mol. The molecule has 1 aromatic carbocycles. The van der Waals surface area contributed by atoms with Crippen molar-refractivity contribution in [2.45, 2.75) is 26.3 Å². The monoisotopic (exact) mass is 219 g/mol. The van der Waals surface area contributed by atoms with Gasteiger partial charge in [-0.3, -0.25) is 0 Å². The highest BCUT2D eigenvalue weighted by molar-refractivity contribution is 6.31. The van der Waals surface area contributed by atoms with Crippen LogP contribution in [-0.4, -0.2) is 12.5 Å². The van der Waals surface area contributed by atoms with Crippen LogP contribution in [0, 0.1) is 6.92 Å². The number of hydrogen-bond donors (Lipinski definition) is 1. The van der Waals surface area contributed by atoms with E-state index in [-0.39, 0.29) is 0 Å². The number of halogens is 3. The Bertz CT molecular complexity index is 315. The van der Waals surface area contributed by atoms with Gasteiger partial charge in [0.05, 0.1) is 6.04 Å². The minimum Gasteiger partial charge on any atom is -0.377 e. The first-order valence-electron chi connectivity index (χ1n) is 4.31. The largest absolute Gasteiger partial charge is 0.377 e. The van der Waals surface area contributed by atoms with Gasteiger partial charge >= 0.3 is 0 Å². The van der Waals surface area contributed by atoms with Gasteiger partial charge in [0.1, 0.15) is 0 Å². The van der Waals surface area contributed by atoms with Gasteiger partial charge in [-0.15, -0.1) is 0 Å². The van der Waals surface area contributed by atoms with E-state index in [1.54, 1.807) is 18.2 Å². The van der Waals surface area contributed by atoms with Gasteiger partial charge in [0.2, 0.25) is 0 Å². The SMILES string of the molecule is Cc1ccc(NC(C)C(F)F)cc1Cl. The van der Waals surface area contributed by atoms with Gasteiger partial charge in [0.25, 0.3) is 6.43 Å². The molecule has 1 nitrogen and oxygen atoms in total. The van der Waals surface area contributed by atoms with Gasteiger partial charge in [-0.25, -0.2) is 8.78 Å². The normalized spacial score (nSPS) is 13.0. The van der Waals surface area contributed by atoms with Crippen molar-refractivity contribution in [2.75, 3.05) is 5.32 Å². The van der Waals surface area contributed by atoms with Gasteiger partial charge in [0, 0.05) is 10.7 Å². The molecule has 0 saturated carbocycles. The standard InChI is InChI=1S/C10H12ClF2N/c1-6-3-4-8(5-9(6)11)14-7(2)10(12)13/h3-5,7,10,14H,1-2H3. The van der Waals surface area contributed by atoms with E-state index in [0.717, 1.165) is 5.56 Å². The molecule has 0 saturated heterocycles. The molecule has 4 heteroatoms. The maximum absolute atomic E-state index is 12.2. The Morgan fingerprint density at radius 1 is 1.36 bits per heavy atom. The van der Waals surface area contributed by atoms with E-state index >= 15 is 0 Å². The Morgan fingerprint density at radius 2 is 2.00 bits per heavy atom. The molecule has 0 aliphatic heterocycles. The average Bonchev–Trinajstić information content (AvgIpc) is 2.11. The fourth-order valence-electron chi connectivity index (χ4n) is 1.01. The summed E-state index contributed by atoms with van der Waals surface area (Å²) in [6, 6.07) is 4.31. The van der Waals surface area contributed by atoms with Gasteiger partial charge in [-0.05, 0) is 31.5 Å². The van der Waals surface area contributed by atoms with E-state index in [1.807, 2.05) is 6.92 Å². The quantitative estimate of drug-likeness (QED) is 0.817. The van der Waals surface area contributed by atoms with Crippen molar-refractivity contribution in [1.82, 2.24) is 0 Å². The van der Waals surface area contributed by atoms with Crippen LogP contribution in [0.4, 0.5) is 14.5 Å². The molecule has 0 amide bonds. The summed E-state index contributed by atoms with van der Waals surface area (Å²) in [7, 11) is 0. The number of anilines is 1. The van der Waals surface area contributed by atoms with Crippen molar-refractivity contribution in [3.63, 3.8) is 0 Å². The highest BCUT2D eigenvalue weighted by Crippen LogP contribution is 2.21. The summed E-state index contributed by atoms with van der Waals surface area (Å²) in [4.78, 5) is 0. The molecule has 1 rings (SSSR count). The van der Waals surface area contributed by atoms with Crippen LogP contribution >= 0.6 is 11.6 Å². The Balaban J connectivity index is 2.73. The highest BCUT2D eigenvalue weighted by Gasteiger charge is 2.13. The second kappa shape index (κ2) is 4.60. The smallest absolute Gasteiger partial charge is 0.258 e. The van der Waals surface area contributed by atoms with Crippen molar-refractivity contribution >= 4 is 17.3 Å². The summed E-state index contributed by atoms with van der Waals surface area (Å²) in [5, 5.41) is 3.25. The lowest BCUT2D eigenvalue weighted by Gasteiger charge is -2.14. The number of rotatable bonds is 3. The van der Waals surface area contributed by atoms with Crippen molar-refractivity contribution in [2.24, 2.45) is 0 Å². The average molecular weight is 220 g/mol. The van der Waals surface area contributed by atoms with Crippen LogP contribution in [0.25, 0.3) is 0 Å². The molecule has 1 aromatic rings. The Morgan fingerprint density at radius 3 is 2.50 bits per heavy atom. The fraction of sp³-hybridized carbons (Fsp3) is 0.400. The first-order valence-corrected chi connectivity index (χ1v) is 4.69. The van der Waals surface area contributed by atoms with Gasteiger partial charge in [-0.2, -0.15) is 0 Å². The Hall–Kier alpha value is -0.830. The van der Waals surface area contributed by atoms with E-state index in [4.69, 9.17) is 11.6 Å². The van der Waals surface area contributed by atoms with E-state index in [1.165, 1.54) is 6.92 Å². The number of hydrogen-bond acceptors (Lipinski definition) is 1. The van der Waals surface area contributed by atoms with Crippen LogP contribution in [0.3, 0.4) is 0 Å². The Kier molecular flexibility index (Phi) is 3.69. The minimum absolute atomic E-state index is 0.580. The van der Waals surface area contributed by atoms with Crippen molar-refractivity contribution < 1.29 is 8.78 Å². The summed E-state index contributed by atoms with van der Waals surface area (Å²) in [5.74, 6) is 0. The van der Waals surface area contributed by atoms with Crippen molar-refractivity contribution in [3.8, 4) is 0 Å². The lowest BCUT2D eigenvalue weighted by Crippen LogP contribution is -2.23. The van der Waals surface area contributed by atoms with Gasteiger partial charge in [0.15, 0.2) is 0 Å². The summed E-state index contributed by atoms with van der Waals surface area (Å²) in [6.07, 6.45) is -2.38. The first kappa shape index (κ1) is 11.2. The lowest BCUT2D eigenvalue weighted by molar-refractivity contribution is 0.131. The zero-order chi connectivity index (χ0) is 10.7. The van der Waals surface area contributed by atoms with Crippen LogP contribution in [0.1, 0.15) is 12.5 Å². The van der Waals surface area contributed by atoms with Crippen molar-refractivity contribution in [1.29, 1.82) is 0 Å². The molecular formula is C10H12ClF2N. The van der Waals surface area contributed by atoms with E-state index in [2.05, 4.69) is 5.32 Å². The second-order valence-corrected chi connectivity index (χ2v) is 3.64. The summed E-state index contributed by atoms with van der Waals surface area (Å²) in [6.45, 7) is 3.29. The number of aryl methyl sites for hydroxylation is 1. The molecule has 1 N–H and O–H groups in total. The number of benzene rings is 1. The molecule has 0 aromatic heterocycles. The third-order valence-electron chi connectivity index (χ3n) is 1.94. The summed E-state index contributed by atoms with van der Waals surface area (Å²) < 4.78 is 24.4. The number of nitrogens with one attached hydrogen (secondary N) is 1. The molecule has 0 spiro atoms. The first-order chi connectivity index (χ1) is 6.50. The lowest BCUT2D eigenvalue weighted by atomic mass is 10.2. The summed E-state index contributed by atoms with van der Waals surface area (Å²) >= 11 is 5.85. The molecule has 14 heavy (non-hydrogen) atoms. The highest BCUT2D eigenvalue weighted by atomic mass is 35.5. The molecule has 0 aliphatic carbocycles. The van der Waals surface area contributed by atoms with E-state index in [0.29, 0.717) is 10.7 Å². The Labute approximate surface area is 87.1 Å². The summed E-state index contributed by atoms with van der Waals surface area (Å²) in [5.41, 5.74) is 1.55. The molecule has 0 radical (unpaired) electrons. The van der Waals surface area contributed by atoms with Crippen LogP contribution in [-0.2, 0) is 0 Å². The molecule has 1 unspecified atom stereocenters. The molecule has 78 valence electrons. The third-order valence-corrected chi connectivity index (χ3v) is 2.35. The van der Waals surface area contributed by atoms with Crippen LogP contribution in [0.5, 0.6) is 0 Å². The van der Waals surface area contributed by atoms with Gasteiger partial charge < -0.3 is 5.32 Å². The molecule has 0 aliphatic rings. The molecule has 0 bridgehead atoms. The third kappa shape index (κ3) is 2.84. The topological polar surface area (TPSA) is 12.0 Å². The van der Waals surface area contributed by atoms with Gasteiger partial charge in [-0.1, -0.05) is 17.7 Å². The fourth-order valence-corrected chi connectivity index (χ4v) is 1.19. The van der Waals surface area contributed by atoms with E-state index in [9.17, 15) is 8.78 Å². The van der Waals surface area contributed by atoms with Crippen LogP contribution in [0.15, 0.2) is 18.2 Å². The van der Waals surface area contributed by atoms with E-state index < -0.39 is 12.5 Å². The maximum atomic E-state index is 12.2. The predicted octanol–water partition coefficient (Wildman–Crippen LogP) is 3.71. The molecule has 0 fully saturated rings. The second-order valence-electron chi connectivity index (χ2n) is 3.23.